The van der Waals surface area contributed by atoms with Crippen molar-refractivity contribution in [3.63, 3.8) is 0 Å². The molecule has 2 aromatic heterocycles. The summed E-state index contributed by atoms with van der Waals surface area (Å²) in [5.41, 5.74) is 21.0. The monoisotopic (exact) mass is 770 g/mol. The number of nitrogens with zero attached hydrogens (tertiary/aromatic N) is 8. The van der Waals surface area contributed by atoms with Gasteiger partial charge in [-0.2, -0.15) is 10.5 Å². The summed E-state index contributed by atoms with van der Waals surface area (Å²) >= 11 is 18.7. The van der Waals surface area contributed by atoms with Gasteiger partial charge in [0.05, 0.1) is 60.1 Å². The molecule has 0 radical (unpaired) electrons. The fourth-order valence-electron chi connectivity index (χ4n) is 5.52. The van der Waals surface area contributed by atoms with Gasteiger partial charge in [0.15, 0.2) is 5.15 Å². The number of fused-ring (bicyclic) bond motifs is 2. The standard InChI is InChI=1S/C19H12ClN5.C12H8Cl2N4.C7H6BNO2/c20-16-6-13(5-14-8-23-9-15(14)16)18-19(25-17(22)10-24-18)12-3-1-2-11(4-12)7-21;13-9-2-6(1-7-3-16-4-8(7)9)11-12(14)18-10(15)5-17-11;9-5-6-2-1-3-7(4-6)8(10)11/h1-6,8,10H,9H2,(H2,22,25);1-3,5H,4H2,(H2,15,18);1-4,10-11H. The molecule has 0 unspecified atom stereocenters. The van der Waals surface area contributed by atoms with E-state index >= 15 is 0 Å². The number of halogens is 3. The van der Waals surface area contributed by atoms with Gasteiger partial charge in [-0.05, 0) is 65.1 Å². The third-order valence-corrected chi connectivity index (χ3v) is 9.02. The van der Waals surface area contributed by atoms with E-state index in [1.54, 1.807) is 36.5 Å². The lowest BCUT2D eigenvalue weighted by atomic mass is 9.80. The molecule has 4 aromatic carbocycles. The topological polar surface area (TPSA) is 216 Å². The van der Waals surface area contributed by atoms with Gasteiger partial charge >= 0.3 is 7.12 Å². The van der Waals surface area contributed by atoms with E-state index in [1.165, 1.54) is 18.5 Å². The van der Waals surface area contributed by atoms with Gasteiger partial charge in [0.2, 0.25) is 0 Å². The number of nitrogen functional groups attached to an aromatic ring is 2. The highest BCUT2D eigenvalue weighted by atomic mass is 35.5. The van der Waals surface area contributed by atoms with E-state index in [1.807, 2.05) is 48.7 Å². The van der Waals surface area contributed by atoms with Crippen LogP contribution in [0.5, 0.6) is 0 Å². The zero-order valence-corrected chi connectivity index (χ0v) is 30.3. The molecule has 8 rings (SSSR count). The Morgan fingerprint density at radius 1 is 0.630 bits per heavy atom. The molecule has 0 bridgehead atoms. The summed E-state index contributed by atoms with van der Waals surface area (Å²) < 4.78 is 0. The Morgan fingerprint density at radius 2 is 1.17 bits per heavy atom. The van der Waals surface area contributed by atoms with Crippen molar-refractivity contribution in [3.8, 4) is 45.9 Å². The number of aromatic nitrogens is 4. The number of aliphatic imine (C=N–C) groups is 2. The highest BCUT2D eigenvalue weighted by Gasteiger charge is 2.18. The average Bonchev–Trinajstić information content (AvgIpc) is 3.86. The van der Waals surface area contributed by atoms with Crippen molar-refractivity contribution >= 4 is 71.4 Å². The molecule has 6 aromatic rings. The van der Waals surface area contributed by atoms with E-state index in [2.05, 4.69) is 36.0 Å². The van der Waals surface area contributed by atoms with Gasteiger partial charge in [-0.15, -0.1) is 0 Å². The number of anilines is 2. The Morgan fingerprint density at radius 3 is 1.74 bits per heavy atom. The first kappa shape index (κ1) is 37.6. The van der Waals surface area contributed by atoms with Crippen LogP contribution in [0.25, 0.3) is 33.8 Å². The van der Waals surface area contributed by atoms with Crippen molar-refractivity contribution < 1.29 is 10.0 Å². The average molecular weight is 772 g/mol. The maximum absolute atomic E-state index is 9.15. The van der Waals surface area contributed by atoms with Crippen LogP contribution in [0.4, 0.5) is 11.6 Å². The Kier molecular flexibility index (Phi) is 11.6. The van der Waals surface area contributed by atoms with Crippen LogP contribution in [-0.4, -0.2) is 49.5 Å². The van der Waals surface area contributed by atoms with Crippen LogP contribution in [0, 0.1) is 22.7 Å². The summed E-state index contributed by atoms with van der Waals surface area (Å²) in [4.78, 5) is 25.5. The van der Waals surface area contributed by atoms with Crippen LogP contribution in [0.1, 0.15) is 33.4 Å². The molecule has 0 fully saturated rings. The summed E-state index contributed by atoms with van der Waals surface area (Å²) in [5, 5.41) is 36.5. The zero-order chi connectivity index (χ0) is 38.4. The van der Waals surface area contributed by atoms with E-state index in [0.29, 0.717) is 62.6 Å². The predicted octanol–water partition coefficient (Wildman–Crippen LogP) is 6.05. The van der Waals surface area contributed by atoms with E-state index in [0.717, 1.165) is 38.9 Å². The number of nitrogens with two attached hydrogens (primary N) is 2. The van der Waals surface area contributed by atoms with Crippen molar-refractivity contribution in [2.45, 2.75) is 13.1 Å². The normalized spacial score (nSPS) is 11.6. The van der Waals surface area contributed by atoms with Gasteiger partial charge in [-0.1, -0.05) is 59.1 Å². The van der Waals surface area contributed by atoms with E-state index in [4.69, 9.17) is 66.8 Å². The molecule has 4 heterocycles. The van der Waals surface area contributed by atoms with Crippen LogP contribution in [-0.2, 0) is 13.1 Å². The quantitative estimate of drug-likeness (QED) is 0.152. The summed E-state index contributed by atoms with van der Waals surface area (Å²) in [6, 6.07) is 25.1. The zero-order valence-electron chi connectivity index (χ0n) is 28.0. The summed E-state index contributed by atoms with van der Waals surface area (Å²) in [6.45, 7) is 1.22. The minimum Gasteiger partial charge on any atom is -0.423 e. The first-order valence-corrected chi connectivity index (χ1v) is 17.1. The molecule has 0 atom stereocenters. The highest BCUT2D eigenvalue weighted by molar-refractivity contribution is 6.58. The molecule has 6 N–H and O–H groups in total. The minimum absolute atomic E-state index is 0.265. The summed E-state index contributed by atoms with van der Waals surface area (Å²) in [7, 11) is -1.50. The largest absolute Gasteiger partial charge is 0.488 e. The predicted molar refractivity (Wildman–Crippen MR) is 213 cm³/mol. The Hall–Kier alpha value is -6.19. The number of nitriles is 2. The molecule has 0 saturated heterocycles. The number of rotatable bonds is 4. The molecule has 54 heavy (non-hydrogen) atoms. The lowest BCUT2D eigenvalue weighted by Gasteiger charge is -2.11. The number of hydrogen-bond donors (Lipinski definition) is 4. The van der Waals surface area contributed by atoms with E-state index < -0.39 is 7.12 Å². The van der Waals surface area contributed by atoms with E-state index in [9.17, 15) is 0 Å². The highest BCUT2D eigenvalue weighted by Crippen LogP contribution is 2.35. The smallest absolute Gasteiger partial charge is 0.423 e. The Bertz CT molecular complexity index is 2550. The lowest BCUT2D eigenvalue weighted by Crippen LogP contribution is -2.29. The van der Waals surface area contributed by atoms with Crippen LogP contribution >= 0.6 is 34.8 Å². The molecular formula is C38H26BCl3N10O2. The van der Waals surface area contributed by atoms with Crippen LogP contribution in [0.2, 0.25) is 15.2 Å². The van der Waals surface area contributed by atoms with Crippen LogP contribution in [0.3, 0.4) is 0 Å². The van der Waals surface area contributed by atoms with Crippen molar-refractivity contribution in [2.24, 2.45) is 9.98 Å². The first-order valence-electron chi connectivity index (χ1n) is 16.0. The maximum Gasteiger partial charge on any atom is 0.488 e. The Labute approximate surface area is 324 Å². The third kappa shape index (κ3) is 8.54. The summed E-state index contributed by atoms with van der Waals surface area (Å²) in [5.74, 6) is 0.604. The van der Waals surface area contributed by atoms with Crippen LogP contribution in [0.15, 0.2) is 95.2 Å². The SMILES string of the molecule is N#Cc1cccc(-c2nc(N)cnc2-c2cc(Cl)c3c(c2)C=NC3)c1.N#Cc1cccc(B(O)O)c1.Nc1cnc(-c2cc(Cl)c3c(c2)C=NC3)c(Cl)n1. The van der Waals surface area contributed by atoms with Crippen molar-refractivity contribution in [3.05, 3.63) is 134 Å². The molecule has 12 nitrogen and oxygen atoms in total. The second-order valence-electron chi connectivity index (χ2n) is 11.7. The summed E-state index contributed by atoms with van der Waals surface area (Å²) in [6.07, 6.45) is 6.59. The molecule has 16 heteroatoms. The van der Waals surface area contributed by atoms with Gasteiger partial charge in [-0.25, -0.2) is 15.0 Å². The molecule has 0 aliphatic carbocycles. The fraction of sp³-hybridized carbons (Fsp3) is 0.0526. The molecule has 0 saturated carbocycles. The third-order valence-electron chi connectivity index (χ3n) is 8.09. The maximum atomic E-state index is 9.15. The molecule has 264 valence electrons. The molecule has 2 aliphatic heterocycles. The van der Waals surface area contributed by atoms with Crippen molar-refractivity contribution in [2.75, 3.05) is 11.5 Å². The number of benzene rings is 4. The van der Waals surface area contributed by atoms with Crippen molar-refractivity contribution in [1.82, 2.24) is 19.9 Å². The minimum atomic E-state index is -1.50. The van der Waals surface area contributed by atoms with E-state index in [-0.39, 0.29) is 11.0 Å². The molecular weight excluding hydrogens is 746 g/mol. The van der Waals surface area contributed by atoms with Gasteiger partial charge < -0.3 is 21.5 Å². The molecule has 2 aliphatic rings. The second kappa shape index (κ2) is 16.7. The molecule has 0 spiro atoms. The number of hydrogen-bond acceptors (Lipinski definition) is 12. The van der Waals surface area contributed by atoms with Crippen molar-refractivity contribution in [1.29, 1.82) is 10.5 Å². The fourth-order valence-corrected chi connectivity index (χ4v) is 6.34. The lowest BCUT2D eigenvalue weighted by molar-refractivity contribution is 0.426. The van der Waals surface area contributed by atoms with Gasteiger partial charge in [0.1, 0.15) is 17.3 Å². The van der Waals surface area contributed by atoms with Gasteiger partial charge in [-0.3, -0.25) is 15.0 Å². The Balaban J connectivity index is 0.000000150. The second-order valence-corrected chi connectivity index (χ2v) is 12.9. The van der Waals surface area contributed by atoms with Gasteiger partial charge in [0.25, 0.3) is 0 Å². The van der Waals surface area contributed by atoms with Gasteiger partial charge in [0, 0.05) is 50.3 Å². The first-order chi connectivity index (χ1) is 26.0. The molecule has 0 amide bonds. The van der Waals surface area contributed by atoms with Crippen LogP contribution < -0.4 is 16.9 Å².